The van der Waals surface area contributed by atoms with Crippen molar-refractivity contribution < 1.29 is 79.5 Å². The normalized spacial score (nSPS) is 51.3. The van der Waals surface area contributed by atoms with Crippen LogP contribution >= 0.6 is 0 Å². The van der Waals surface area contributed by atoms with Crippen molar-refractivity contribution in [3.63, 3.8) is 0 Å². The van der Waals surface area contributed by atoms with Gasteiger partial charge in [-0.3, -0.25) is 0 Å². The zero-order chi connectivity index (χ0) is 26.0. The maximum Gasteiger partial charge on any atom is 0.189 e. The molecular weight excluding hydrogens is 484 g/mol. The second-order valence-electron chi connectivity index (χ2n) is 8.55. The third kappa shape index (κ3) is 5.78. The molecule has 3 saturated heterocycles. The van der Waals surface area contributed by atoms with Crippen molar-refractivity contribution in [2.75, 3.05) is 26.9 Å². The van der Waals surface area contributed by atoms with Crippen LogP contribution in [0.5, 0.6) is 0 Å². The molecule has 0 saturated carbocycles. The summed E-state index contributed by atoms with van der Waals surface area (Å²) < 4.78 is 31.9. The van der Waals surface area contributed by atoms with Gasteiger partial charge in [0.1, 0.15) is 73.2 Å². The number of aliphatic hydroxyl groups excluding tert-OH is 10. The van der Waals surface area contributed by atoms with E-state index in [1.165, 1.54) is 7.11 Å². The van der Waals surface area contributed by atoms with E-state index in [0.717, 1.165) is 0 Å². The quantitative estimate of drug-likeness (QED) is 0.143. The van der Waals surface area contributed by atoms with Crippen LogP contribution in [0.1, 0.15) is 0 Å². The Morgan fingerprint density at radius 2 is 0.886 bits per heavy atom. The average Bonchev–Trinajstić information content (AvgIpc) is 2.86. The van der Waals surface area contributed by atoms with E-state index in [1.54, 1.807) is 0 Å². The van der Waals surface area contributed by atoms with Gasteiger partial charge in [-0.15, -0.1) is 0 Å². The van der Waals surface area contributed by atoms with Gasteiger partial charge in [0, 0.05) is 7.11 Å². The SMILES string of the molecule is COC1C(CO)OC(OC2C(CO)OC(OC3OC(CO)C(O)C(O)C3O)C(O)C2O)C(O)C1O. The summed E-state index contributed by atoms with van der Waals surface area (Å²) in [5, 5.41) is 100. The van der Waals surface area contributed by atoms with Gasteiger partial charge in [0.2, 0.25) is 0 Å². The summed E-state index contributed by atoms with van der Waals surface area (Å²) >= 11 is 0. The molecule has 16 heteroatoms. The fraction of sp³-hybridized carbons (Fsp3) is 1.00. The maximum atomic E-state index is 10.6. The summed E-state index contributed by atoms with van der Waals surface area (Å²) in [4.78, 5) is 0. The van der Waals surface area contributed by atoms with E-state index in [0.29, 0.717) is 0 Å². The van der Waals surface area contributed by atoms with Crippen LogP contribution in [0.15, 0.2) is 0 Å². The summed E-state index contributed by atoms with van der Waals surface area (Å²) in [6.45, 7) is -2.13. The molecule has 0 bridgehead atoms. The Balaban J connectivity index is 1.70. The molecule has 3 fully saturated rings. The van der Waals surface area contributed by atoms with Gasteiger partial charge in [0.05, 0.1) is 19.8 Å². The lowest BCUT2D eigenvalue weighted by atomic mass is 9.96. The Morgan fingerprint density at radius 3 is 1.37 bits per heavy atom. The fourth-order valence-corrected chi connectivity index (χ4v) is 4.26. The molecule has 0 aromatic rings. The predicted molar refractivity (Wildman–Crippen MR) is 106 cm³/mol. The predicted octanol–water partition coefficient (Wildman–Crippen LogP) is -6.92. The molecule has 0 radical (unpaired) electrons. The van der Waals surface area contributed by atoms with Gasteiger partial charge in [-0.1, -0.05) is 0 Å². The molecule has 3 aliphatic heterocycles. The van der Waals surface area contributed by atoms with Gasteiger partial charge in [-0.2, -0.15) is 0 Å². The van der Waals surface area contributed by atoms with Crippen LogP contribution in [0.2, 0.25) is 0 Å². The molecule has 0 aliphatic carbocycles. The summed E-state index contributed by atoms with van der Waals surface area (Å²) in [6.07, 6.45) is -23.7. The molecule has 15 atom stereocenters. The van der Waals surface area contributed by atoms with E-state index in [4.69, 9.17) is 28.4 Å². The van der Waals surface area contributed by atoms with Gasteiger partial charge in [-0.25, -0.2) is 0 Å². The minimum atomic E-state index is -1.89. The van der Waals surface area contributed by atoms with E-state index in [-0.39, 0.29) is 0 Å². The summed E-state index contributed by atoms with van der Waals surface area (Å²) in [6, 6.07) is 0. The van der Waals surface area contributed by atoms with E-state index >= 15 is 0 Å². The molecule has 15 unspecified atom stereocenters. The second-order valence-corrected chi connectivity index (χ2v) is 8.55. The summed E-state index contributed by atoms with van der Waals surface area (Å²) in [5.74, 6) is 0. The molecule has 3 heterocycles. The van der Waals surface area contributed by atoms with Crippen molar-refractivity contribution in [3.05, 3.63) is 0 Å². The third-order valence-corrected chi connectivity index (χ3v) is 6.32. The smallest absolute Gasteiger partial charge is 0.189 e. The summed E-state index contributed by atoms with van der Waals surface area (Å²) in [7, 11) is 1.24. The van der Waals surface area contributed by atoms with Gasteiger partial charge >= 0.3 is 0 Å². The molecule has 0 amide bonds. The number of aliphatic hydroxyl groups is 10. The highest BCUT2D eigenvalue weighted by molar-refractivity contribution is 4.95. The number of hydrogen-bond donors (Lipinski definition) is 10. The van der Waals surface area contributed by atoms with Crippen LogP contribution in [0, 0.1) is 0 Å². The minimum absolute atomic E-state index is 0.604. The maximum absolute atomic E-state index is 10.6. The third-order valence-electron chi connectivity index (χ3n) is 6.32. The first-order valence-electron chi connectivity index (χ1n) is 11.0. The Labute approximate surface area is 199 Å². The lowest BCUT2D eigenvalue weighted by molar-refractivity contribution is -0.392. The number of rotatable bonds is 8. The van der Waals surface area contributed by atoms with Crippen molar-refractivity contribution in [2.45, 2.75) is 92.1 Å². The highest BCUT2D eigenvalue weighted by atomic mass is 16.8. The first-order chi connectivity index (χ1) is 16.6. The fourth-order valence-electron chi connectivity index (χ4n) is 4.26. The van der Waals surface area contributed by atoms with Gasteiger partial charge in [-0.05, 0) is 0 Å². The number of hydrogen-bond acceptors (Lipinski definition) is 16. The molecule has 16 nitrogen and oxygen atoms in total. The number of ether oxygens (including phenoxy) is 6. The van der Waals surface area contributed by atoms with Crippen molar-refractivity contribution in [1.29, 1.82) is 0 Å². The second kappa shape index (κ2) is 12.3. The Hall–Kier alpha value is -0.640. The standard InChI is InChI=1S/C19H34O16/c1-30-15-6(3-21)32-17(13(28)10(15)25)34-16-7(4-22)33-19(14(29)11(16)26)35-18-12(27)9(24)8(23)5(2-20)31-18/h5-29H,2-4H2,1H3. The largest absolute Gasteiger partial charge is 0.394 e. The molecule has 0 spiro atoms. The molecule has 3 rings (SSSR count). The first kappa shape index (κ1) is 28.9. The van der Waals surface area contributed by atoms with E-state index in [2.05, 4.69) is 0 Å². The molecule has 0 aromatic heterocycles. The van der Waals surface area contributed by atoms with Crippen LogP contribution in [0.4, 0.5) is 0 Å². The van der Waals surface area contributed by atoms with Crippen molar-refractivity contribution in [1.82, 2.24) is 0 Å². The molecule has 0 aromatic carbocycles. The monoisotopic (exact) mass is 518 g/mol. The minimum Gasteiger partial charge on any atom is -0.394 e. The first-order valence-corrected chi connectivity index (χ1v) is 11.0. The van der Waals surface area contributed by atoms with Crippen molar-refractivity contribution in [2.24, 2.45) is 0 Å². The van der Waals surface area contributed by atoms with Gasteiger partial charge in [0.25, 0.3) is 0 Å². The van der Waals surface area contributed by atoms with Crippen molar-refractivity contribution >= 4 is 0 Å². The lowest BCUT2D eigenvalue weighted by Gasteiger charge is -2.47. The molecule has 10 N–H and O–H groups in total. The van der Waals surface area contributed by atoms with Gasteiger partial charge in [0.15, 0.2) is 18.9 Å². The highest BCUT2D eigenvalue weighted by Gasteiger charge is 2.53. The Bertz CT molecular complexity index is 650. The molecule has 206 valence electrons. The van der Waals surface area contributed by atoms with E-state index in [1.807, 2.05) is 0 Å². The van der Waals surface area contributed by atoms with Crippen LogP contribution in [0.25, 0.3) is 0 Å². The van der Waals surface area contributed by atoms with Gasteiger partial charge < -0.3 is 79.5 Å². The molecular formula is C19H34O16. The molecule has 35 heavy (non-hydrogen) atoms. The molecule has 3 aliphatic rings. The lowest BCUT2D eigenvalue weighted by Crippen LogP contribution is -2.66. The average molecular weight is 518 g/mol. The van der Waals surface area contributed by atoms with E-state index in [9.17, 15) is 51.1 Å². The highest BCUT2D eigenvalue weighted by Crippen LogP contribution is 2.32. The van der Waals surface area contributed by atoms with Crippen LogP contribution < -0.4 is 0 Å². The van der Waals surface area contributed by atoms with Crippen LogP contribution in [-0.4, -0.2) is 170 Å². The number of methoxy groups -OCH3 is 1. The van der Waals surface area contributed by atoms with Crippen LogP contribution in [-0.2, 0) is 28.4 Å². The van der Waals surface area contributed by atoms with Crippen molar-refractivity contribution in [3.8, 4) is 0 Å². The Morgan fingerprint density at radius 1 is 0.486 bits per heavy atom. The summed E-state index contributed by atoms with van der Waals surface area (Å²) in [5.41, 5.74) is 0. The Kier molecular flexibility index (Phi) is 10.1. The zero-order valence-electron chi connectivity index (χ0n) is 18.7. The van der Waals surface area contributed by atoms with Crippen LogP contribution in [0.3, 0.4) is 0 Å². The van der Waals surface area contributed by atoms with E-state index < -0.39 is 112 Å². The topological polar surface area (TPSA) is 258 Å². The zero-order valence-corrected chi connectivity index (χ0v) is 18.7.